The van der Waals surface area contributed by atoms with E-state index in [0.717, 1.165) is 21.3 Å². The summed E-state index contributed by atoms with van der Waals surface area (Å²) in [7, 11) is 3.20. The molecular formula is C32H32N8O6S. The van der Waals surface area contributed by atoms with Crippen LogP contribution in [0.5, 0.6) is 5.75 Å². The molecule has 0 saturated carbocycles. The fraction of sp³-hybridized carbons (Fsp3) is 0.281. The second-order valence-electron chi connectivity index (χ2n) is 11.5. The van der Waals surface area contributed by atoms with Crippen LogP contribution in [0.2, 0.25) is 0 Å². The maximum Gasteiger partial charge on any atom is 0.417 e. The molecule has 14 nitrogen and oxygen atoms in total. The van der Waals surface area contributed by atoms with Crippen LogP contribution in [0.1, 0.15) is 16.7 Å². The number of nitrogens with one attached hydrogen (secondary N) is 2. The van der Waals surface area contributed by atoms with Crippen molar-refractivity contribution < 1.29 is 23.5 Å². The number of nitrogens with two attached hydrogens (primary N) is 1. The molecule has 5 aromatic rings. The third kappa shape index (κ3) is 5.74. The smallest absolute Gasteiger partial charge is 0.417 e. The van der Waals surface area contributed by atoms with Gasteiger partial charge in [-0.3, -0.25) is 19.6 Å². The second-order valence-corrected chi connectivity index (χ2v) is 12.6. The average Bonchev–Trinajstić information content (AvgIpc) is 3.74. The number of aromatic nitrogens is 2. The Morgan fingerprint density at radius 1 is 1.15 bits per heavy atom. The lowest BCUT2D eigenvalue weighted by Gasteiger charge is -2.45. The van der Waals surface area contributed by atoms with Crippen LogP contribution in [0, 0.1) is 0 Å². The number of rotatable bonds is 8. The molecule has 4 amide bonds. The summed E-state index contributed by atoms with van der Waals surface area (Å²) in [4.78, 5) is 63.4. The van der Waals surface area contributed by atoms with Crippen LogP contribution in [0.25, 0.3) is 21.3 Å². The number of benzene rings is 3. The van der Waals surface area contributed by atoms with E-state index in [1.165, 1.54) is 16.3 Å². The molecule has 2 saturated heterocycles. The molecule has 0 radical (unpaired) electrons. The monoisotopic (exact) mass is 656 g/mol. The zero-order valence-electron chi connectivity index (χ0n) is 25.6. The van der Waals surface area contributed by atoms with E-state index in [0.29, 0.717) is 27.5 Å². The van der Waals surface area contributed by atoms with Crippen molar-refractivity contribution in [2.75, 3.05) is 33.0 Å². The van der Waals surface area contributed by atoms with E-state index in [4.69, 9.17) is 14.9 Å². The maximum atomic E-state index is 14.2. The predicted octanol–water partition coefficient (Wildman–Crippen LogP) is 2.50. The van der Waals surface area contributed by atoms with Crippen molar-refractivity contribution in [3.05, 3.63) is 87.9 Å². The number of anilines is 1. The van der Waals surface area contributed by atoms with Gasteiger partial charge in [-0.05, 0) is 47.0 Å². The van der Waals surface area contributed by atoms with Gasteiger partial charge >= 0.3 is 11.8 Å². The summed E-state index contributed by atoms with van der Waals surface area (Å²) >= 11 is 1.37. The number of piperazine rings is 1. The number of ether oxygens (including phenoxy) is 1. The highest BCUT2D eigenvalue weighted by Gasteiger charge is 2.51. The Kier molecular flexibility index (Phi) is 7.77. The number of hydrazine groups is 1. The van der Waals surface area contributed by atoms with Crippen LogP contribution in [0.3, 0.4) is 0 Å². The average molecular weight is 657 g/mol. The first-order valence-corrected chi connectivity index (χ1v) is 15.8. The third-order valence-electron chi connectivity index (χ3n) is 8.64. The van der Waals surface area contributed by atoms with Crippen molar-refractivity contribution in [3.8, 4) is 5.75 Å². The first kappa shape index (κ1) is 30.3. The molecule has 15 heteroatoms. The number of methoxy groups -OCH3 is 1. The van der Waals surface area contributed by atoms with E-state index in [-0.39, 0.29) is 44.4 Å². The highest BCUT2D eigenvalue weighted by molar-refractivity contribution is 7.22. The van der Waals surface area contributed by atoms with E-state index in [1.807, 2.05) is 42.5 Å². The molecule has 4 N–H and O–H groups in total. The minimum Gasteiger partial charge on any atom is -0.497 e. The molecule has 4 heterocycles. The number of H-pyrrole nitrogens is 1. The first-order chi connectivity index (χ1) is 22.7. The fourth-order valence-corrected chi connectivity index (χ4v) is 7.08. The molecule has 242 valence electrons. The van der Waals surface area contributed by atoms with Crippen molar-refractivity contribution >= 4 is 55.6 Å². The topological polar surface area (TPSA) is 170 Å². The largest absolute Gasteiger partial charge is 0.497 e. The summed E-state index contributed by atoms with van der Waals surface area (Å²) in [5, 5.41) is 6.44. The lowest BCUT2D eigenvalue weighted by atomic mass is 9.99. The molecule has 0 bridgehead atoms. The quantitative estimate of drug-likeness (QED) is 0.227. The summed E-state index contributed by atoms with van der Waals surface area (Å²) < 4.78 is 11.4. The van der Waals surface area contributed by atoms with Crippen molar-refractivity contribution in [1.29, 1.82) is 0 Å². The normalized spacial score (nSPS) is 18.3. The summed E-state index contributed by atoms with van der Waals surface area (Å²) in [6.45, 7) is 0.591. The highest BCUT2D eigenvalue weighted by atomic mass is 32.1. The van der Waals surface area contributed by atoms with Crippen LogP contribution in [0.15, 0.2) is 69.9 Å². The Morgan fingerprint density at radius 2 is 1.94 bits per heavy atom. The number of thiazole rings is 1. The molecule has 2 aromatic heterocycles. The Bertz CT molecular complexity index is 2060. The van der Waals surface area contributed by atoms with Crippen LogP contribution in [0.4, 0.5) is 9.93 Å². The van der Waals surface area contributed by atoms with Crippen LogP contribution in [-0.2, 0) is 29.1 Å². The molecule has 7 rings (SSSR count). The molecule has 2 aliphatic rings. The highest BCUT2D eigenvalue weighted by Crippen LogP contribution is 2.32. The Hall–Kier alpha value is -5.41. The van der Waals surface area contributed by atoms with Crippen LogP contribution < -0.4 is 21.5 Å². The molecular weight excluding hydrogens is 624 g/mol. The summed E-state index contributed by atoms with van der Waals surface area (Å²) in [6, 6.07) is 17.0. The minimum absolute atomic E-state index is 0.0847. The first-order valence-electron chi connectivity index (χ1n) is 14.9. The van der Waals surface area contributed by atoms with Gasteiger partial charge in [0, 0.05) is 26.6 Å². The fourth-order valence-electron chi connectivity index (χ4n) is 6.30. The number of oxazole rings is 1. The number of fused-ring (bicyclic) bond motifs is 3. The van der Waals surface area contributed by atoms with Gasteiger partial charge in [0.05, 0.1) is 35.9 Å². The van der Waals surface area contributed by atoms with Crippen LogP contribution >= 0.6 is 11.3 Å². The van der Waals surface area contributed by atoms with E-state index in [9.17, 15) is 19.2 Å². The SMILES string of the molecule is COc1ccc(CNC(=O)N(C)N2CC(=O)N3[C@@H](Cc4ccc5[nH]c(=O)oc5c4)C(=O)N(Cc4cccc5sc(N)nc45)C[C@@H]32)cc1. The molecule has 0 aliphatic carbocycles. The van der Waals surface area contributed by atoms with E-state index >= 15 is 0 Å². The zero-order chi connectivity index (χ0) is 32.8. The summed E-state index contributed by atoms with van der Waals surface area (Å²) in [5.41, 5.74) is 10.1. The number of aromatic amines is 1. The number of nitrogen functional groups attached to an aromatic ring is 1. The number of amides is 4. The zero-order valence-corrected chi connectivity index (χ0v) is 26.5. The van der Waals surface area contributed by atoms with E-state index < -0.39 is 24.0 Å². The number of hydrogen-bond donors (Lipinski definition) is 3. The summed E-state index contributed by atoms with van der Waals surface area (Å²) in [5.74, 6) is -0.371. The van der Waals surface area contributed by atoms with E-state index in [1.54, 1.807) is 47.2 Å². The lowest BCUT2D eigenvalue weighted by molar-refractivity contribution is -0.157. The van der Waals surface area contributed by atoms with Gasteiger partial charge in [-0.15, -0.1) is 0 Å². The number of urea groups is 1. The maximum absolute atomic E-state index is 14.2. The molecule has 2 aliphatic heterocycles. The van der Waals surface area contributed by atoms with Crippen molar-refractivity contribution in [3.63, 3.8) is 0 Å². The van der Waals surface area contributed by atoms with Gasteiger partial charge in [-0.1, -0.05) is 41.7 Å². The summed E-state index contributed by atoms with van der Waals surface area (Å²) in [6.07, 6.45) is -0.437. The predicted molar refractivity (Wildman–Crippen MR) is 174 cm³/mol. The third-order valence-corrected chi connectivity index (χ3v) is 9.49. The number of nitrogens with zero attached hydrogens (tertiary/aromatic N) is 5. The van der Waals surface area contributed by atoms with Gasteiger partial charge in [-0.25, -0.2) is 14.6 Å². The standard InChI is InChI=1S/C32H32N8O6S/c1-37(31(43)34-14-18-6-9-21(45-2)10-7-18)39-17-27(41)40-23(12-19-8-11-22-24(13-19)46-32(44)35-22)29(42)38(16-26(39)40)15-20-4-3-5-25-28(20)36-30(33)47-25/h3-11,13,23,26H,12,14-17H2,1-2H3,(H2,33,36)(H,34,43)(H,35,44)/t23-,26+/m0/s1. The van der Waals surface area contributed by atoms with Gasteiger partial charge in [0.25, 0.3) is 0 Å². The number of para-hydroxylation sites is 1. The second kappa shape index (κ2) is 12.1. The van der Waals surface area contributed by atoms with Crippen molar-refractivity contribution in [2.24, 2.45) is 0 Å². The van der Waals surface area contributed by atoms with Gasteiger partial charge < -0.3 is 30.0 Å². The molecule has 3 aromatic carbocycles. The van der Waals surface area contributed by atoms with E-state index in [2.05, 4.69) is 15.3 Å². The molecule has 2 fully saturated rings. The Labute approximate surface area is 272 Å². The molecule has 47 heavy (non-hydrogen) atoms. The van der Waals surface area contributed by atoms with Crippen molar-refractivity contribution in [1.82, 2.24) is 35.1 Å². The number of carbonyl (C=O) groups excluding carboxylic acids is 3. The lowest BCUT2D eigenvalue weighted by Crippen LogP contribution is -2.65. The number of carbonyl (C=O) groups is 3. The molecule has 0 unspecified atom stereocenters. The van der Waals surface area contributed by atoms with Gasteiger partial charge in [0.15, 0.2) is 10.7 Å². The van der Waals surface area contributed by atoms with Crippen LogP contribution in [-0.4, -0.2) is 87.1 Å². The Balaban J connectivity index is 1.17. The molecule has 0 spiro atoms. The van der Waals surface area contributed by atoms with Crippen molar-refractivity contribution in [2.45, 2.75) is 31.7 Å². The van der Waals surface area contributed by atoms with Gasteiger partial charge in [0.2, 0.25) is 11.8 Å². The van der Waals surface area contributed by atoms with Gasteiger partial charge in [-0.2, -0.15) is 5.01 Å². The molecule has 2 atom stereocenters. The Morgan fingerprint density at radius 3 is 2.72 bits per heavy atom. The minimum atomic E-state index is -0.871. The number of hydrogen-bond acceptors (Lipinski definition) is 10. The van der Waals surface area contributed by atoms with Gasteiger partial charge in [0.1, 0.15) is 18.0 Å².